The topological polar surface area (TPSA) is 101 Å². The van der Waals surface area contributed by atoms with Crippen LogP contribution in [-0.2, 0) is 16.6 Å². The molecule has 7 nitrogen and oxygen atoms in total. The number of sulfonamides is 1. The summed E-state index contributed by atoms with van der Waals surface area (Å²) in [6.07, 6.45) is 1.41. The maximum absolute atomic E-state index is 12.4. The van der Waals surface area contributed by atoms with Crippen LogP contribution in [0.1, 0.15) is 5.69 Å². The van der Waals surface area contributed by atoms with Crippen LogP contribution < -0.4 is 11.3 Å². The first-order chi connectivity index (χ1) is 9.05. The summed E-state index contributed by atoms with van der Waals surface area (Å²) in [5.41, 5.74) is 4.94. The molecule has 19 heavy (non-hydrogen) atoms. The molecule has 2 heterocycles. The first-order valence-corrected chi connectivity index (χ1v) is 7.69. The first-order valence-electron chi connectivity index (χ1n) is 5.30. The van der Waals surface area contributed by atoms with Gasteiger partial charge in [0.1, 0.15) is 0 Å². The maximum atomic E-state index is 12.4. The average Bonchev–Trinajstić information content (AvgIpc) is 2.91. The van der Waals surface area contributed by atoms with E-state index in [-0.39, 0.29) is 17.3 Å². The minimum absolute atomic E-state index is 0.102. The maximum Gasteiger partial charge on any atom is 0.262 e. The van der Waals surface area contributed by atoms with E-state index in [2.05, 4.69) is 15.4 Å². The van der Waals surface area contributed by atoms with Gasteiger partial charge in [-0.2, -0.15) is 4.31 Å². The summed E-state index contributed by atoms with van der Waals surface area (Å²) in [6, 6.07) is 3.16. The fraction of sp³-hybridized carbons (Fsp3) is 0.200. The van der Waals surface area contributed by atoms with Crippen molar-refractivity contribution in [1.29, 1.82) is 0 Å². The Hall–Kier alpha value is -1.55. The van der Waals surface area contributed by atoms with Crippen molar-refractivity contribution in [3.63, 3.8) is 0 Å². The number of aromatic nitrogens is 2. The molecule has 0 amide bonds. The van der Waals surface area contributed by atoms with Gasteiger partial charge in [0, 0.05) is 18.6 Å². The largest absolute Gasteiger partial charge is 0.321 e. The van der Waals surface area contributed by atoms with Crippen LogP contribution in [0.5, 0.6) is 0 Å². The molecule has 9 heteroatoms. The Morgan fingerprint density at radius 3 is 2.89 bits per heavy atom. The number of nitrogens with two attached hydrogens (primary N) is 1. The highest BCUT2D eigenvalue weighted by Crippen LogP contribution is 2.21. The van der Waals surface area contributed by atoms with E-state index >= 15 is 0 Å². The van der Waals surface area contributed by atoms with Gasteiger partial charge in [-0.3, -0.25) is 5.84 Å². The molecule has 0 fully saturated rings. The molecule has 0 aliphatic carbocycles. The summed E-state index contributed by atoms with van der Waals surface area (Å²) in [4.78, 5) is 7.94. The predicted octanol–water partition coefficient (Wildman–Crippen LogP) is 0.644. The molecule has 2 rings (SSSR count). The molecule has 0 aliphatic heterocycles. The standard InChI is InChI=1S/C10H13N5O2S2/c1-15(5-8-6-18-7-13-8)19(16,17)10-9(14-11)3-2-4-12-10/h2-4,6-7,14H,5,11H2,1H3. The number of nitrogen functional groups attached to an aromatic ring is 1. The number of nitrogens with one attached hydrogen (secondary N) is 1. The summed E-state index contributed by atoms with van der Waals surface area (Å²) in [5.74, 6) is 5.30. The fourth-order valence-corrected chi connectivity index (χ4v) is 3.23. The lowest BCUT2D eigenvalue weighted by Crippen LogP contribution is -2.28. The molecular formula is C10H13N5O2S2. The summed E-state index contributed by atoms with van der Waals surface area (Å²) in [6.45, 7) is 0.187. The molecule has 2 aromatic rings. The van der Waals surface area contributed by atoms with Crippen molar-refractivity contribution >= 4 is 27.0 Å². The normalized spacial score (nSPS) is 11.7. The Kier molecular flexibility index (Phi) is 4.10. The zero-order chi connectivity index (χ0) is 13.9. The number of hydrogen-bond acceptors (Lipinski definition) is 7. The van der Waals surface area contributed by atoms with E-state index in [0.29, 0.717) is 5.69 Å². The SMILES string of the molecule is CN(Cc1cscn1)S(=O)(=O)c1ncccc1NN. The van der Waals surface area contributed by atoms with Gasteiger partial charge in [-0.25, -0.2) is 18.4 Å². The van der Waals surface area contributed by atoms with E-state index < -0.39 is 10.0 Å². The number of thiazole rings is 1. The highest BCUT2D eigenvalue weighted by atomic mass is 32.2. The fourth-order valence-electron chi connectivity index (χ4n) is 1.48. The van der Waals surface area contributed by atoms with Crippen LogP contribution in [0.25, 0.3) is 0 Å². The van der Waals surface area contributed by atoms with Gasteiger partial charge in [0.05, 0.1) is 23.4 Å². The van der Waals surface area contributed by atoms with E-state index in [1.165, 1.54) is 28.9 Å². The summed E-state index contributed by atoms with van der Waals surface area (Å²) in [5, 5.41) is 1.70. The van der Waals surface area contributed by atoms with Crippen molar-refractivity contribution in [1.82, 2.24) is 14.3 Å². The number of rotatable bonds is 5. The van der Waals surface area contributed by atoms with Gasteiger partial charge in [0.2, 0.25) is 0 Å². The molecule has 0 bridgehead atoms. The first kappa shape index (κ1) is 13.9. The molecule has 0 unspecified atom stereocenters. The van der Waals surface area contributed by atoms with Gasteiger partial charge in [-0.15, -0.1) is 11.3 Å². The quantitative estimate of drug-likeness (QED) is 0.621. The predicted molar refractivity (Wildman–Crippen MR) is 72.8 cm³/mol. The average molecular weight is 299 g/mol. The smallest absolute Gasteiger partial charge is 0.262 e. The van der Waals surface area contributed by atoms with Crippen LogP contribution in [0.4, 0.5) is 5.69 Å². The van der Waals surface area contributed by atoms with Gasteiger partial charge < -0.3 is 5.43 Å². The minimum Gasteiger partial charge on any atom is -0.321 e. The van der Waals surface area contributed by atoms with E-state index in [1.54, 1.807) is 23.0 Å². The minimum atomic E-state index is -3.71. The number of anilines is 1. The highest BCUT2D eigenvalue weighted by molar-refractivity contribution is 7.89. The third-order valence-corrected chi connectivity index (χ3v) is 4.85. The second kappa shape index (κ2) is 5.61. The van der Waals surface area contributed by atoms with Crippen molar-refractivity contribution in [3.8, 4) is 0 Å². The Morgan fingerprint density at radius 1 is 1.47 bits per heavy atom. The lowest BCUT2D eigenvalue weighted by atomic mass is 10.4. The van der Waals surface area contributed by atoms with Gasteiger partial charge >= 0.3 is 0 Å². The van der Waals surface area contributed by atoms with Gasteiger partial charge in [-0.1, -0.05) is 0 Å². The third kappa shape index (κ3) is 2.89. The van der Waals surface area contributed by atoms with Crippen LogP contribution in [0.2, 0.25) is 0 Å². The van der Waals surface area contributed by atoms with Crippen molar-refractivity contribution < 1.29 is 8.42 Å². The van der Waals surface area contributed by atoms with Crippen molar-refractivity contribution in [3.05, 3.63) is 34.9 Å². The number of hydrogen-bond donors (Lipinski definition) is 2. The van der Waals surface area contributed by atoms with Crippen molar-refractivity contribution in [2.75, 3.05) is 12.5 Å². The third-order valence-electron chi connectivity index (χ3n) is 2.45. The monoisotopic (exact) mass is 299 g/mol. The summed E-state index contributed by atoms with van der Waals surface area (Å²) < 4.78 is 25.9. The van der Waals surface area contributed by atoms with Gasteiger partial charge in [-0.05, 0) is 12.1 Å². The zero-order valence-electron chi connectivity index (χ0n) is 10.1. The van der Waals surface area contributed by atoms with Crippen molar-refractivity contribution in [2.24, 2.45) is 5.84 Å². The van der Waals surface area contributed by atoms with Crippen LogP contribution in [0.3, 0.4) is 0 Å². The zero-order valence-corrected chi connectivity index (χ0v) is 11.8. The Labute approximate surface area is 115 Å². The van der Waals surface area contributed by atoms with E-state index in [4.69, 9.17) is 5.84 Å². The van der Waals surface area contributed by atoms with Crippen molar-refractivity contribution in [2.45, 2.75) is 11.6 Å². The molecular weight excluding hydrogens is 286 g/mol. The number of hydrazine groups is 1. The Balaban J connectivity index is 2.31. The molecule has 3 N–H and O–H groups in total. The Morgan fingerprint density at radius 2 is 2.26 bits per heavy atom. The molecule has 2 aromatic heterocycles. The molecule has 0 saturated heterocycles. The lowest BCUT2D eigenvalue weighted by molar-refractivity contribution is 0.460. The molecule has 0 atom stereocenters. The second-order valence-electron chi connectivity index (χ2n) is 3.74. The molecule has 0 aliphatic rings. The van der Waals surface area contributed by atoms with Crippen LogP contribution >= 0.6 is 11.3 Å². The summed E-state index contributed by atoms with van der Waals surface area (Å²) >= 11 is 1.42. The van der Waals surface area contributed by atoms with Gasteiger partial charge in [0.25, 0.3) is 10.0 Å². The lowest BCUT2D eigenvalue weighted by Gasteiger charge is -2.17. The van der Waals surface area contributed by atoms with E-state index in [1.807, 2.05) is 0 Å². The van der Waals surface area contributed by atoms with Gasteiger partial charge in [0.15, 0.2) is 5.03 Å². The summed E-state index contributed by atoms with van der Waals surface area (Å²) in [7, 11) is -2.24. The second-order valence-corrected chi connectivity index (χ2v) is 6.42. The molecule has 0 radical (unpaired) electrons. The Bertz CT molecular complexity index is 642. The molecule has 0 aromatic carbocycles. The van der Waals surface area contributed by atoms with Crippen LogP contribution in [0, 0.1) is 0 Å². The molecule has 0 spiro atoms. The number of nitrogens with zero attached hydrogens (tertiary/aromatic N) is 3. The molecule has 0 saturated carbocycles. The van der Waals surface area contributed by atoms with Crippen LogP contribution in [0.15, 0.2) is 34.2 Å². The van der Waals surface area contributed by atoms with Crippen LogP contribution in [-0.4, -0.2) is 29.7 Å². The highest BCUT2D eigenvalue weighted by Gasteiger charge is 2.25. The van der Waals surface area contributed by atoms with E-state index in [0.717, 1.165) is 0 Å². The number of pyridine rings is 1. The van der Waals surface area contributed by atoms with E-state index in [9.17, 15) is 8.42 Å². The molecule has 102 valence electrons.